The number of carbonyl (C=O) groups is 2. The maximum Gasteiger partial charge on any atom is 0.274 e. The van der Waals surface area contributed by atoms with Crippen molar-refractivity contribution < 1.29 is 9.59 Å². The van der Waals surface area contributed by atoms with Gasteiger partial charge in [0.1, 0.15) is 5.69 Å². The van der Waals surface area contributed by atoms with Gasteiger partial charge in [-0.2, -0.15) is 0 Å². The normalized spacial score (nSPS) is 10.7. The highest BCUT2D eigenvalue weighted by Crippen LogP contribution is 2.26. The fraction of sp³-hybridized carbons (Fsp3) is 0.217. The van der Waals surface area contributed by atoms with E-state index in [-0.39, 0.29) is 17.4 Å². The summed E-state index contributed by atoms with van der Waals surface area (Å²) in [6, 6.07) is 16.4. The van der Waals surface area contributed by atoms with Crippen molar-refractivity contribution in [3.8, 4) is 0 Å². The van der Waals surface area contributed by atoms with Gasteiger partial charge in [-0.1, -0.05) is 32.0 Å². The van der Waals surface area contributed by atoms with E-state index in [2.05, 4.69) is 40.5 Å². The van der Waals surface area contributed by atoms with E-state index in [9.17, 15) is 9.59 Å². The summed E-state index contributed by atoms with van der Waals surface area (Å²) in [4.78, 5) is 32.8. The number of amides is 1. The van der Waals surface area contributed by atoms with Gasteiger partial charge in [0, 0.05) is 22.6 Å². The molecule has 0 fully saturated rings. The van der Waals surface area contributed by atoms with Crippen molar-refractivity contribution in [2.24, 2.45) is 0 Å². The van der Waals surface area contributed by atoms with Crippen LogP contribution in [0.2, 0.25) is 0 Å². The number of carbonyl (C=O) groups excluding carboxylic acids is 2. The second-order valence-corrected chi connectivity index (χ2v) is 7.17. The van der Waals surface area contributed by atoms with E-state index in [4.69, 9.17) is 0 Å². The lowest BCUT2D eigenvalue weighted by Crippen LogP contribution is -2.15. The molecule has 3 rings (SSSR count). The average Bonchev–Trinajstić information content (AvgIpc) is 2.68. The Morgan fingerprint density at radius 1 is 0.966 bits per heavy atom. The van der Waals surface area contributed by atoms with Crippen molar-refractivity contribution in [1.82, 2.24) is 9.97 Å². The van der Waals surface area contributed by atoms with Crippen LogP contribution in [0.25, 0.3) is 0 Å². The fourth-order valence-corrected chi connectivity index (χ4v) is 2.96. The van der Waals surface area contributed by atoms with Gasteiger partial charge in [0.25, 0.3) is 5.91 Å². The maximum atomic E-state index is 12.7. The molecule has 3 aromatic rings. The minimum atomic E-state index is -0.341. The molecule has 0 aliphatic heterocycles. The average molecular weight is 388 g/mol. The van der Waals surface area contributed by atoms with Crippen LogP contribution in [0.15, 0.2) is 54.6 Å². The molecule has 1 amide bonds. The Balaban J connectivity index is 1.81. The Kier molecular flexibility index (Phi) is 6.02. The molecule has 2 aromatic carbocycles. The van der Waals surface area contributed by atoms with Gasteiger partial charge >= 0.3 is 0 Å². The number of para-hydroxylation sites is 1. The third-order valence-electron chi connectivity index (χ3n) is 4.47. The SMILES string of the molecule is CC(=O)c1ccc(NC(=O)c2cc(C)nc(Nc3ccccc3C(C)C)n2)cc1. The first-order valence-electron chi connectivity index (χ1n) is 9.47. The lowest BCUT2D eigenvalue weighted by atomic mass is 10.0. The summed E-state index contributed by atoms with van der Waals surface area (Å²) in [5, 5.41) is 6.04. The molecule has 148 valence electrons. The van der Waals surface area contributed by atoms with Crippen LogP contribution in [-0.2, 0) is 0 Å². The van der Waals surface area contributed by atoms with E-state index in [0.29, 0.717) is 28.8 Å². The molecule has 0 aliphatic rings. The Morgan fingerprint density at radius 2 is 1.66 bits per heavy atom. The second kappa shape index (κ2) is 8.65. The third kappa shape index (κ3) is 5.04. The van der Waals surface area contributed by atoms with Gasteiger partial charge in [0.2, 0.25) is 5.95 Å². The molecule has 1 heterocycles. The maximum absolute atomic E-state index is 12.7. The topological polar surface area (TPSA) is 84.0 Å². The fourth-order valence-electron chi connectivity index (χ4n) is 2.96. The smallest absolute Gasteiger partial charge is 0.274 e. The molecular weight excluding hydrogens is 364 g/mol. The van der Waals surface area contributed by atoms with Crippen LogP contribution in [0.1, 0.15) is 58.8 Å². The van der Waals surface area contributed by atoms with Crippen molar-refractivity contribution in [3.63, 3.8) is 0 Å². The summed E-state index contributed by atoms with van der Waals surface area (Å²) in [5.41, 5.74) is 4.19. The predicted molar refractivity (Wildman–Crippen MR) is 115 cm³/mol. The molecule has 0 spiro atoms. The number of rotatable bonds is 6. The predicted octanol–water partition coefficient (Wildman–Crippen LogP) is 5.11. The standard InChI is InChI=1S/C23H24N4O2/c1-14(2)19-7-5-6-8-20(19)26-23-24-15(3)13-21(27-23)22(29)25-18-11-9-17(10-12-18)16(4)28/h5-14H,1-4H3,(H,25,29)(H,24,26,27). The zero-order chi connectivity index (χ0) is 21.0. The van der Waals surface area contributed by atoms with E-state index in [1.165, 1.54) is 6.92 Å². The molecule has 29 heavy (non-hydrogen) atoms. The van der Waals surface area contributed by atoms with E-state index >= 15 is 0 Å². The zero-order valence-electron chi connectivity index (χ0n) is 17.0. The van der Waals surface area contributed by atoms with E-state index in [1.807, 2.05) is 25.1 Å². The largest absolute Gasteiger partial charge is 0.324 e. The van der Waals surface area contributed by atoms with E-state index in [1.54, 1.807) is 30.3 Å². The highest BCUT2D eigenvalue weighted by atomic mass is 16.2. The monoisotopic (exact) mass is 388 g/mol. The number of hydrogen-bond acceptors (Lipinski definition) is 5. The van der Waals surface area contributed by atoms with Crippen molar-refractivity contribution >= 4 is 29.0 Å². The van der Waals surface area contributed by atoms with Crippen LogP contribution >= 0.6 is 0 Å². The van der Waals surface area contributed by atoms with Crippen LogP contribution in [0.4, 0.5) is 17.3 Å². The molecule has 0 radical (unpaired) electrons. The summed E-state index contributed by atoms with van der Waals surface area (Å²) in [7, 11) is 0. The van der Waals surface area contributed by atoms with Gasteiger partial charge in [-0.05, 0) is 61.7 Å². The summed E-state index contributed by atoms with van der Waals surface area (Å²) >= 11 is 0. The van der Waals surface area contributed by atoms with Crippen molar-refractivity contribution in [2.75, 3.05) is 10.6 Å². The lowest BCUT2D eigenvalue weighted by Gasteiger charge is -2.14. The minimum Gasteiger partial charge on any atom is -0.324 e. The quantitative estimate of drug-likeness (QED) is 0.574. The number of nitrogens with zero attached hydrogens (tertiary/aromatic N) is 2. The molecule has 0 unspecified atom stereocenters. The van der Waals surface area contributed by atoms with Crippen LogP contribution in [0.3, 0.4) is 0 Å². The first-order valence-corrected chi connectivity index (χ1v) is 9.47. The first-order chi connectivity index (χ1) is 13.8. The number of Topliss-reactive ketones (excluding diaryl/α,β-unsaturated/α-hetero) is 1. The number of hydrogen-bond donors (Lipinski definition) is 2. The molecule has 0 saturated carbocycles. The second-order valence-electron chi connectivity index (χ2n) is 7.17. The van der Waals surface area contributed by atoms with E-state index < -0.39 is 0 Å². The third-order valence-corrected chi connectivity index (χ3v) is 4.47. The number of aromatic nitrogens is 2. The summed E-state index contributed by atoms with van der Waals surface area (Å²) in [6.45, 7) is 7.56. The summed E-state index contributed by atoms with van der Waals surface area (Å²) < 4.78 is 0. The van der Waals surface area contributed by atoms with Crippen LogP contribution in [0, 0.1) is 6.92 Å². The molecule has 0 atom stereocenters. The highest BCUT2D eigenvalue weighted by molar-refractivity contribution is 6.03. The highest BCUT2D eigenvalue weighted by Gasteiger charge is 2.13. The first kappa shape index (κ1) is 20.2. The number of aryl methyl sites for hydroxylation is 1. The van der Waals surface area contributed by atoms with Crippen molar-refractivity contribution in [3.05, 3.63) is 77.1 Å². The number of nitrogens with one attached hydrogen (secondary N) is 2. The molecule has 6 nitrogen and oxygen atoms in total. The number of ketones is 1. The summed E-state index contributed by atoms with van der Waals surface area (Å²) in [5.74, 6) is 0.345. The summed E-state index contributed by atoms with van der Waals surface area (Å²) in [6.07, 6.45) is 0. The Labute approximate surface area is 170 Å². The molecular formula is C23H24N4O2. The molecule has 2 N–H and O–H groups in total. The number of anilines is 3. The molecule has 0 aliphatic carbocycles. The van der Waals surface area contributed by atoms with Crippen molar-refractivity contribution in [2.45, 2.75) is 33.6 Å². The van der Waals surface area contributed by atoms with Crippen LogP contribution in [0.5, 0.6) is 0 Å². The van der Waals surface area contributed by atoms with Crippen LogP contribution in [-0.4, -0.2) is 21.7 Å². The zero-order valence-corrected chi connectivity index (χ0v) is 17.0. The molecule has 0 bridgehead atoms. The van der Waals surface area contributed by atoms with Gasteiger partial charge in [-0.3, -0.25) is 9.59 Å². The lowest BCUT2D eigenvalue weighted by molar-refractivity contribution is 0.101. The molecule has 0 saturated heterocycles. The Morgan fingerprint density at radius 3 is 2.31 bits per heavy atom. The Hall–Kier alpha value is -3.54. The Bertz CT molecular complexity index is 1040. The van der Waals surface area contributed by atoms with Gasteiger partial charge in [-0.25, -0.2) is 9.97 Å². The van der Waals surface area contributed by atoms with Gasteiger partial charge in [-0.15, -0.1) is 0 Å². The van der Waals surface area contributed by atoms with Gasteiger partial charge in [0.15, 0.2) is 5.78 Å². The van der Waals surface area contributed by atoms with E-state index in [0.717, 1.165) is 11.3 Å². The van der Waals surface area contributed by atoms with Gasteiger partial charge < -0.3 is 10.6 Å². The number of benzene rings is 2. The van der Waals surface area contributed by atoms with Crippen LogP contribution < -0.4 is 10.6 Å². The van der Waals surface area contributed by atoms with Gasteiger partial charge in [0.05, 0.1) is 0 Å². The van der Waals surface area contributed by atoms with Crippen molar-refractivity contribution in [1.29, 1.82) is 0 Å². The minimum absolute atomic E-state index is 0.0216. The molecule has 1 aromatic heterocycles. The molecule has 6 heteroatoms.